The van der Waals surface area contributed by atoms with Gasteiger partial charge in [0.05, 0.1) is 50.1 Å². The summed E-state index contributed by atoms with van der Waals surface area (Å²) in [7, 11) is -1.85. The van der Waals surface area contributed by atoms with Crippen LogP contribution in [0.2, 0.25) is 18.6 Å². The zero-order chi connectivity index (χ0) is 39.9. The summed E-state index contributed by atoms with van der Waals surface area (Å²) >= 11 is 0. The van der Waals surface area contributed by atoms with Gasteiger partial charge in [-0.05, 0) is 72.6 Å². The summed E-state index contributed by atoms with van der Waals surface area (Å²) in [6.45, 7) is 5.78. The van der Waals surface area contributed by atoms with Gasteiger partial charge in [0.25, 0.3) is 5.91 Å². The van der Waals surface area contributed by atoms with Crippen LogP contribution < -0.4 is 15.0 Å². The summed E-state index contributed by atoms with van der Waals surface area (Å²) in [5.74, 6) is -0.653. The number of anilines is 2. The molecule has 2 amide bonds. The van der Waals surface area contributed by atoms with Crippen LogP contribution in [-0.2, 0) is 39.4 Å². The van der Waals surface area contributed by atoms with Crippen molar-refractivity contribution in [3.05, 3.63) is 137 Å². The van der Waals surface area contributed by atoms with E-state index in [2.05, 4.69) is 20.6 Å². The molecule has 2 aromatic heterocycles. The number of hydrogen-bond donors (Lipinski definition) is 3. The molecule has 2 aliphatic heterocycles. The quantitative estimate of drug-likeness (QED) is 0.0817. The van der Waals surface area contributed by atoms with Gasteiger partial charge in [-0.2, -0.15) is 0 Å². The Labute approximate surface area is 332 Å². The molecule has 11 nitrogen and oxygen atoms in total. The minimum atomic E-state index is -3.42. The second-order valence-corrected chi connectivity index (χ2v) is 19.5. The van der Waals surface area contributed by atoms with Crippen molar-refractivity contribution < 1.29 is 28.3 Å². The fraction of sp³-hybridized carbons (Fsp3) is 0.318. The third-order valence-electron chi connectivity index (χ3n) is 11.7. The van der Waals surface area contributed by atoms with Gasteiger partial charge in [0, 0.05) is 52.6 Å². The maximum absolute atomic E-state index is 16.5. The second-order valence-electron chi connectivity index (χ2n) is 15.7. The molecule has 0 aliphatic carbocycles. The van der Waals surface area contributed by atoms with E-state index in [4.69, 9.17) is 9.47 Å². The highest BCUT2D eigenvalue weighted by Gasteiger charge is 2.66. The number of methoxy groups -OCH3 is 1. The Morgan fingerprint density at radius 3 is 2.63 bits per heavy atom. The van der Waals surface area contributed by atoms with Gasteiger partial charge in [0.15, 0.2) is 5.60 Å². The number of para-hydroxylation sites is 1. The van der Waals surface area contributed by atoms with Crippen molar-refractivity contribution in [2.75, 3.05) is 23.9 Å². The number of aryl methyl sites for hydroxylation is 1. The summed E-state index contributed by atoms with van der Waals surface area (Å²) in [5.41, 5.74) is 4.27. The van der Waals surface area contributed by atoms with Gasteiger partial charge in [-0.25, -0.2) is 0 Å². The smallest absolute Gasteiger partial charge is 0.264 e. The van der Waals surface area contributed by atoms with Crippen LogP contribution in [0.15, 0.2) is 109 Å². The number of rotatable bonds is 13. The molecule has 0 saturated carbocycles. The van der Waals surface area contributed by atoms with Crippen molar-refractivity contribution in [2.24, 2.45) is 5.92 Å². The molecule has 57 heavy (non-hydrogen) atoms. The molecule has 8 rings (SSSR count). The van der Waals surface area contributed by atoms with Crippen LogP contribution in [0, 0.1) is 5.92 Å². The Hall–Kier alpha value is -5.63. The fourth-order valence-electron chi connectivity index (χ4n) is 9.06. The second kappa shape index (κ2) is 15.4. The van der Waals surface area contributed by atoms with E-state index in [0.717, 1.165) is 27.6 Å². The van der Waals surface area contributed by atoms with Crippen molar-refractivity contribution in [1.82, 2.24) is 20.0 Å². The molecular formula is C44H47FN6O5Si. The standard InChI is InChI=1S/C44H47FN6O5Si/c1-28-42(57(3,4)45)40(19-20-50-26-38(48-49-50)35(27-52)30-12-6-5-7-13-30)56-44(28)36-23-33(55-2)17-18-39(36)51(43(44)54)25-29-11-10-14-32(21-29)47-41(53)22-31-24-46-37-16-9-8-15-34(31)37/h5-18,21,23-24,26,28,35,40,42,46,52H,19-20,22,25,27H2,1-4H3,(H,47,53)/t28-,35?,40+,42-,44+/m1/s1. The van der Waals surface area contributed by atoms with Gasteiger partial charge < -0.3 is 33.9 Å². The first-order valence-electron chi connectivity index (χ1n) is 19.4. The molecule has 4 heterocycles. The van der Waals surface area contributed by atoms with Gasteiger partial charge in [0.2, 0.25) is 14.3 Å². The fourth-order valence-corrected chi connectivity index (χ4v) is 11.6. The molecule has 3 N–H and O–H groups in total. The number of carbonyl (C=O) groups excluding carboxylic acids is 2. The SMILES string of the molecule is COc1ccc2c(c1)[C@]1(O[C@@H](CCn3cc(C(CO)c4ccccc4)nn3)[C@H]([Si](C)(C)F)[C@H]1C)C(=O)N2Cc1cccc(NC(=O)Cc2c[nH]c3ccccc23)c1. The van der Waals surface area contributed by atoms with Crippen molar-refractivity contribution >= 4 is 42.5 Å². The van der Waals surface area contributed by atoms with E-state index in [-0.39, 0.29) is 37.3 Å². The molecule has 0 radical (unpaired) electrons. The lowest BCUT2D eigenvalue weighted by atomic mass is 9.82. The summed E-state index contributed by atoms with van der Waals surface area (Å²) in [6, 6.07) is 30.6. The number of aromatic amines is 1. The van der Waals surface area contributed by atoms with Crippen molar-refractivity contribution in [3.8, 4) is 5.75 Å². The molecule has 1 spiro atoms. The van der Waals surface area contributed by atoms with E-state index >= 15 is 8.90 Å². The lowest BCUT2D eigenvalue weighted by molar-refractivity contribution is -0.146. The molecule has 13 heteroatoms. The minimum absolute atomic E-state index is 0.121. The minimum Gasteiger partial charge on any atom is -0.497 e. The molecule has 1 unspecified atom stereocenters. The molecule has 0 bridgehead atoms. The molecule has 1 saturated heterocycles. The highest BCUT2D eigenvalue weighted by Crippen LogP contribution is 2.60. The maximum Gasteiger partial charge on any atom is 0.264 e. The largest absolute Gasteiger partial charge is 0.497 e. The molecule has 2 aliphatic rings. The van der Waals surface area contributed by atoms with Crippen LogP contribution in [0.4, 0.5) is 15.5 Å². The van der Waals surface area contributed by atoms with E-state index in [1.807, 2.05) is 116 Å². The van der Waals surface area contributed by atoms with Crippen LogP contribution in [0.5, 0.6) is 5.75 Å². The number of halogens is 1. The van der Waals surface area contributed by atoms with Gasteiger partial charge >= 0.3 is 0 Å². The third kappa shape index (κ3) is 7.15. The summed E-state index contributed by atoms with van der Waals surface area (Å²) in [4.78, 5) is 33.1. The van der Waals surface area contributed by atoms with Crippen LogP contribution >= 0.6 is 0 Å². The van der Waals surface area contributed by atoms with E-state index in [1.54, 1.807) is 29.8 Å². The molecule has 294 valence electrons. The summed E-state index contributed by atoms with van der Waals surface area (Å²) < 4.78 is 30.9. The number of aromatic nitrogens is 4. The average Bonchev–Trinajstić information content (AvgIpc) is 3.96. The topological polar surface area (TPSA) is 135 Å². The number of fused-ring (bicyclic) bond motifs is 3. The first-order chi connectivity index (χ1) is 27.5. The van der Waals surface area contributed by atoms with Crippen LogP contribution in [0.3, 0.4) is 0 Å². The Bertz CT molecular complexity index is 2410. The number of carbonyl (C=O) groups is 2. The number of amides is 2. The van der Waals surface area contributed by atoms with Gasteiger partial charge in [-0.3, -0.25) is 14.3 Å². The number of aliphatic hydroxyl groups excluding tert-OH is 1. The summed E-state index contributed by atoms with van der Waals surface area (Å²) in [6.07, 6.45) is 3.71. The molecule has 5 atom stereocenters. The van der Waals surface area contributed by atoms with Gasteiger partial charge in [-0.1, -0.05) is 72.8 Å². The zero-order valence-corrected chi connectivity index (χ0v) is 33.5. The van der Waals surface area contributed by atoms with Crippen LogP contribution in [0.1, 0.15) is 47.2 Å². The van der Waals surface area contributed by atoms with Crippen LogP contribution in [0.25, 0.3) is 10.9 Å². The van der Waals surface area contributed by atoms with Gasteiger partial charge in [-0.15, -0.1) is 5.10 Å². The number of benzene rings is 4. The monoisotopic (exact) mass is 786 g/mol. The van der Waals surface area contributed by atoms with E-state index < -0.39 is 31.6 Å². The predicted molar refractivity (Wildman–Crippen MR) is 219 cm³/mol. The van der Waals surface area contributed by atoms with Crippen molar-refractivity contribution in [2.45, 2.75) is 69.1 Å². The Balaban J connectivity index is 1.04. The first-order valence-corrected chi connectivity index (χ1v) is 22.3. The molecular weight excluding hydrogens is 740 g/mol. The maximum atomic E-state index is 16.5. The number of aliphatic hydroxyl groups is 1. The first kappa shape index (κ1) is 38.3. The van der Waals surface area contributed by atoms with Crippen molar-refractivity contribution in [3.63, 3.8) is 0 Å². The Morgan fingerprint density at radius 2 is 1.86 bits per heavy atom. The molecule has 4 aromatic carbocycles. The van der Waals surface area contributed by atoms with E-state index in [0.29, 0.717) is 41.3 Å². The third-order valence-corrected chi connectivity index (χ3v) is 14.1. The average molecular weight is 787 g/mol. The van der Waals surface area contributed by atoms with E-state index in [9.17, 15) is 9.90 Å². The number of H-pyrrole nitrogens is 1. The number of nitrogens with one attached hydrogen (secondary N) is 2. The molecule has 6 aromatic rings. The Kier molecular flexibility index (Phi) is 10.3. The highest BCUT2D eigenvalue weighted by molar-refractivity contribution is 6.72. The predicted octanol–water partition coefficient (Wildman–Crippen LogP) is 7.49. The normalized spacial score (nSPS) is 21.0. The Morgan fingerprint density at radius 1 is 1.07 bits per heavy atom. The number of hydrogen-bond acceptors (Lipinski definition) is 7. The highest BCUT2D eigenvalue weighted by atomic mass is 28.4. The number of nitrogens with zero attached hydrogens (tertiary/aromatic N) is 4. The lowest BCUT2D eigenvalue weighted by Crippen LogP contribution is -2.45. The zero-order valence-electron chi connectivity index (χ0n) is 32.5. The summed E-state index contributed by atoms with van der Waals surface area (Å²) in [5, 5.41) is 23.0. The van der Waals surface area contributed by atoms with E-state index in [1.165, 1.54) is 0 Å². The van der Waals surface area contributed by atoms with Crippen LogP contribution in [-0.4, -0.2) is 65.1 Å². The van der Waals surface area contributed by atoms with Crippen molar-refractivity contribution in [1.29, 1.82) is 0 Å². The lowest BCUT2D eigenvalue weighted by Gasteiger charge is -2.31. The molecule has 1 fully saturated rings. The number of ether oxygens (including phenoxy) is 2. The van der Waals surface area contributed by atoms with Gasteiger partial charge in [0.1, 0.15) is 5.75 Å².